The Balaban J connectivity index is 1.35. The maximum Gasteiger partial charge on any atom is 0.251 e. The number of hydrogen-bond donors (Lipinski definition) is 1. The van der Waals surface area contributed by atoms with E-state index in [9.17, 15) is 4.79 Å². The normalized spacial score (nSPS) is 14.3. The third-order valence-electron chi connectivity index (χ3n) is 5.72. The molecule has 33 heavy (non-hydrogen) atoms. The molecule has 172 valence electrons. The van der Waals surface area contributed by atoms with Crippen LogP contribution in [0.25, 0.3) is 0 Å². The van der Waals surface area contributed by atoms with Crippen LogP contribution in [0, 0.1) is 0 Å². The van der Waals surface area contributed by atoms with Gasteiger partial charge in [-0.3, -0.25) is 9.78 Å². The van der Waals surface area contributed by atoms with Gasteiger partial charge in [0.2, 0.25) is 0 Å². The first-order chi connectivity index (χ1) is 16.1. The number of carbonyl (C=O) groups is 1. The highest BCUT2D eigenvalue weighted by Crippen LogP contribution is 2.24. The number of carbonyl (C=O) groups excluding carboxylic acids is 1. The number of aryl methyl sites for hydroxylation is 1. The fraction of sp³-hybridized carbons (Fsp3) is 0.360. The largest absolute Gasteiger partial charge is 0.354 e. The van der Waals surface area contributed by atoms with Gasteiger partial charge in [0.25, 0.3) is 5.91 Å². The maximum atomic E-state index is 12.4. The van der Waals surface area contributed by atoms with Gasteiger partial charge >= 0.3 is 0 Å². The van der Waals surface area contributed by atoms with E-state index >= 15 is 0 Å². The SMILES string of the molecule is CCc1cc(N2CCN(C)CC2)nc(SCc2ccc(C(=O)NCc3ccncc3)cc2)n1. The summed E-state index contributed by atoms with van der Waals surface area (Å²) in [6.45, 7) is 6.70. The molecule has 7 nitrogen and oxygen atoms in total. The van der Waals surface area contributed by atoms with Gasteiger partial charge in [-0.2, -0.15) is 0 Å². The fourth-order valence-corrected chi connectivity index (χ4v) is 4.42. The number of anilines is 1. The second-order valence-corrected chi connectivity index (χ2v) is 9.11. The lowest BCUT2D eigenvalue weighted by Gasteiger charge is -2.33. The number of nitrogens with zero attached hydrogens (tertiary/aromatic N) is 5. The minimum Gasteiger partial charge on any atom is -0.354 e. The molecule has 0 atom stereocenters. The number of piperazine rings is 1. The predicted molar refractivity (Wildman–Crippen MR) is 133 cm³/mol. The van der Waals surface area contributed by atoms with Crippen LogP contribution in [0.15, 0.2) is 60.0 Å². The number of benzene rings is 1. The molecular weight excluding hydrogens is 432 g/mol. The van der Waals surface area contributed by atoms with Gasteiger partial charge in [0, 0.05) is 68.2 Å². The summed E-state index contributed by atoms with van der Waals surface area (Å²) in [4.78, 5) is 30.7. The van der Waals surface area contributed by atoms with Crippen molar-refractivity contribution >= 4 is 23.5 Å². The molecule has 1 saturated heterocycles. The fourth-order valence-electron chi connectivity index (χ4n) is 3.59. The van der Waals surface area contributed by atoms with Crippen molar-refractivity contribution in [2.24, 2.45) is 0 Å². The van der Waals surface area contributed by atoms with Crippen molar-refractivity contribution in [2.75, 3.05) is 38.1 Å². The molecule has 0 radical (unpaired) electrons. The lowest BCUT2D eigenvalue weighted by molar-refractivity contribution is 0.0951. The molecule has 1 aliphatic heterocycles. The molecule has 0 aliphatic carbocycles. The van der Waals surface area contributed by atoms with Crippen LogP contribution < -0.4 is 10.2 Å². The molecule has 0 saturated carbocycles. The van der Waals surface area contributed by atoms with Gasteiger partial charge < -0.3 is 15.1 Å². The molecule has 0 bridgehead atoms. The Bertz CT molecular complexity index is 1050. The Morgan fingerprint density at radius 3 is 2.42 bits per heavy atom. The van der Waals surface area contributed by atoms with E-state index in [2.05, 4.69) is 40.1 Å². The van der Waals surface area contributed by atoms with Gasteiger partial charge in [0.05, 0.1) is 0 Å². The molecule has 8 heteroatoms. The number of aromatic nitrogens is 3. The molecule has 0 unspecified atom stereocenters. The third-order valence-corrected chi connectivity index (χ3v) is 6.64. The number of rotatable bonds is 8. The summed E-state index contributed by atoms with van der Waals surface area (Å²) in [5, 5.41) is 3.75. The third kappa shape index (κ3) is 6.52. The summed E-state index contributed by atoms with van der Waals surface area (Å²) in [5.74, 6) is 1.70. The summed E-state index contributed by atoms with van der Waals surface area (Å²) >= 11 is 1.64. The van der Waals surface area contributed by atoms with Gasteiger partial charge in [0.15, 0.2) is 5.16 Å². The van der Waals surface area contributed by atoms with Crippen LogP contribution in [0.2, 0.25) is 0 Å². The quantitative estimate of drug-likeness (QED) is 0.406. The monoisotopic (exact) mass is 462 g/mol. The first kappa shape index (κ1) is 23.2. The van der Waals surface area contributed by atoms with Gasteiger partial charge in [0.1, 0.15) is 5.82 Å². The highest BCUT2D eigenvalue weighted by Gasteiger charge is 2.17. The van der Waals surface area contributed by atoms with Crippen molar-refractivity contribution in [1.82, 2.24) is 25.2 Å². The first-order valence-corrected chi connectivity index (χ1v) is 12.3. The number of thioether (sulfide) groups is 1. The Labute approximate surface area is 199 Å². The van der Waals surface area contributed by atoms with Crippen LogP contribution >= 0.6 is 11.8 Å². The second kappa shape index (κ2) is 11.2. The van der Waals surface area contributed by atoms with Gasteiger partial charge in [-0.25, -0.2) is 9.97 Å². The molecule has 1 N–H and O–H groups in total. The summed E-state index contributed by atoms with van der Waals surface area (Å²) in [6.07, 6.45) is 4.34. The van der Waals surface area contributed by atoms with Crippen LogP contribution in [0.3, 0.4) is 0 Å². The van der Waals surface area contributed by atoms with E-state index < -0.39 is 0 Å². The standard InChI is InChI=1S/C25H30N6OS/c1-3-22-16-23(31-14-12-30(2)13-15-31)29-25(28-22)33-18-20-4-6-21(7-5-20)24(32)27-17-19-8-10-26-11-9-19/h4-11,16H,3,12-15,17-18H2,1-2H3,(H,27,32). The summed E-state index contributed by atoms with van der Waals surface area (Å²) in [7, 11) is 2.16. The van der Waals surface area contributed by atoms with Gasteiger partial charge in [-0.05, 0) is 48.9 Å². The van der Waals surface area contributed by atoms with E-state index in [1.165, 1.54) is 0 Å². The van der Waals surface area contributed by atoms with Gasteiger partial charge in [-0.15, -0.1) is 0 Å². The first-order valence-electron chi connectivity index (χ1n) is 11.3. The summed E-state index contributed by atoms with van der Waals surface area (Å²) < 4.78 is 0. The highest BCUT2D eigenvalue weighted by atomic mass is 32.2. The van der Waals surface area contributed by atoms with E-state index in [-0.39, 0.29) is 5.91 Å². The van der Waals surface area contributed by atoms with E-state index in [4.69, 9.17) is 9.97 Å². The lowest BCUT2D eigenvalue weighted by Crippen LogP contribution is -2.44. The van der Waals surface area contributed by atoms with Crippen LogP contribution in [0.4, 0.5) is 5.82 Å². The highest BCUT2D eigenvalue weighted by molar-refractivity contribution is 7.98. The molecule has 3 heterocycles. The van der Waals surface area contributed by atoms with Crippen molar-refractivity contribution < 1.29 is 4.79 Å². The van der Waals surface area contributed by atoms with E-state index in [0.29, 0.717) is 12.1 Å². The number of pyridine rings is 1. The van der Waals surface area contributed by atoms with E-state index in [1.807, 2.05) is 36.4 Å². The molecular formula is C25H30N6OS. The van der Waals surface area contributed by atoms with Gasteiger partial charge in [-0.1, -0.05) is 30.8 Å². The van der Waals surface area contributed by atoms with Crippen LogP contribution in [-0.4, -0.2) is 59.0 Å². The molecule has 3 aromatic rings. The van der Waals surface area contributed by atoms with E-state index in [0.717, 1.165) is 66.1 Å². The predicted octanol–water partition coefficient (Wildman–Crippen LogP) is 3.41. The molecule has 0 spiro atoms. The number of amides is 1. The molecule has 1 aromatic carbocycles. The Kier molecular flexibility index (Phi) is 7.91. The van der Waals surface area contributed by atoms with E-state index in [1.54, 1.807) is 24.2 Å². The molecule has 1 aliphatic rings. The van der Waals surface area contributed by atoms with Crippen molar-refractivity contribution in [3.8, 4) is 0 Å². The second-order valence-electron chi connectivity index (χ2n) is 8.17. The van der Waals surface area contributed by atoms with Crippen molar-refractivity contribution in [3.63, 3.8) is 0 Å². The smallest absolute Gasteiger partial charge is 0.251 e. The van der Waals surface area contributed by atoms with Crippen LogP contribution in [0.5, 0.6) is 0 Å². The zero-order valence-corrected chi connectivity index (χ0v) is 20.0. The minimum absolute atomic E-state index is 0.0817. The van der Waals surface area contributed by atoms with Crippen molar-refractivity contribution in [3.05, 3.63) is 77.2 Å². The number of likely N-dealkylation sites (N-methyl/N-ethyl adjacent to an activating group) is 1. The molecule has 4 rings (SSSR count). The Morgan fingerprint density at radius 1 is 1.00 bits per heavy atom. The Hall–Kier alpha value is -2.97. The van der Waals surface area contributed by atoms with Crippen LogP contribution in [-0.2, 0) is 18.7 Å². The average molecular weight is 463 g/mol. The lowest BCUT2D eigenvalue weighted by atomic mass is 10.1. The zero-order valence-electron chi connectivity index (χ0n) is 19.2. The van der Waals surface area contributed by atoms with Crippen LogP contribution in [0.1, 0.15) is 34.1 Å². The summed E-state index contributed by atoms with van der Waals surface area (Å²) in [6, 6.07) is 13.7. The zero-order chi connectivity index (χ0) is 23.0. The number of hydrogen-bond acceptors (Lipinski definition) is 7. The maximum absolute atomic E-state index is 12.4. The van der Waals surface area contributed by atoms with Crippen molar-refractivity contribution in [2.45, 2.75) is 30.8 Å². The van der Waals surface area contributed by atoms with Crippen molar-refractivity contribution in [1.29, 1.82) is 0 Å². The molecule has 2 aromatic heterocycles. The Morgan fingerprint density at radius 2 is 1.73 bits per heavy atom. The molecule has 1 amide bonds. The topological polar surface area (TPSA) is 74.2 Å². The minimum atomic E-state index is -0.0817. The molecule has 1 fully saturated rings. The summed E-state index contributed by atoms with van der Waals surface area (Å²) in [5.41, 5.74) is 3.89. The average Bonchev–Trinajstić information content (AvgIpc) is 2.87. The number of nitrogens with one attached hydrogen (secondary N) is 1.